The number of allylic oxidation sites excluding steroid dienone is 4. The minimum Gasteiger partial charge on any atom is -0.462 e. The third-order valence-electron chi connectivity index (χ3n) is 12.3. The summed E-state index contributed by atoms with van der Waals surface area (Å²) in [6.45, 7) is 4.64. The number of aliphatic hydroxyl groups is 1. The lowest BCUT2D eigenvalue weighted by Gasteiger charge is -2.21. The first-order chi connectivity index (χ1) is 33.2. The maximum Gasteiger partial charge on any atom is 0.472 e. The average molecular weight is 985 g/mol. The Morgan fingerprint density at radius 2 is 0.676 bits per heavy atom. The Bertz CT molecular complexity index is 1240. The first kappa shape index (κ1) is 66.0. The zero-order chi connectivity index (χ0) is 49.9. The largest absolute Gasteiger partial charge is 0.472 e. The Hall–Kier alpha value is -2.04. The fourth-order valence-electron chi connectivity index (χ4n) is 7.99. The third kappa shape index (κ3) is 49.0. The SMILES string of the molecule is CCCCCC/C=C\CCCCCCCC(=O)OC(COC(=O)CCCCCCC/C=C\CCCCCCCC)COP(=O)(O)OCC(CO)OC(=O)CCCCCCCCCCCCCCC. The fraction of sp³-hybridized carbons (Fsp3) is 0.875. The van der Waals surface area contributed by atoms with Crippen molar-refractivity contribution in [1.29, 1.82) is 0 Å². The van der Waals surface area contributed by atoms with Crippen LogP contribution >= 0.6 is 7.82 Å². The molecular formula is C56H105O11P. The fourth-order valence-corrected chi connectivity index (χ4v) is 8.78. The Kier molecular flexibility index (Phi) is 49.8. The molecule has 0 spiro atoms. The van der Waals surface area contributed by atoms with Crippen LogP contribution in [-0.2, 0) is 42.2 Å². The molecule has 2 N–H and O–H groups in total. The second kappa shape index (κ2) is 51.3. The van der Waals surface area contributed by atoms with E-state index in [0.717, 1.165) is 96.3 Å². The number of rotatable bonds is 53. The Labute approximate surface area is 417 Å². The molecule has 0 aromatic rings. The molecule has 0 amide bonds. The number of phosphoric acid groups is 1. The number of carbonyl (C=O) groups excluding carboxylic acids is 3. The second-order valence-corrected chi connectivity index (χ2v) is 20.6. The third-order valence-corrected chi connectivity index (χ3v) is 13.3. The standard InChI is InChI=1S/C56H105O11P/c1-4-7-10-13-16-19-22-25-26-29-30-33-36-39-42-45-54(58)63-49-53(67-56(60)47-44-41-38-35-32-28-24-21-18-15-12-9-6-3)51-65-68(61,62)64-50-52(48-57)66-55(59)46-43-40-37-34-31-27-23-20-17-14-11-8-5-2/h21,24-26,52-53,57H,4-20,22-23,27-51H2,1-3H3,(H,61,62)/b24-21-,26-25-. The molecule has 12 heteroatoms. The summed E-state index contributed by atoms with van der Waals surface area (Å²) in [6, 6.07) is 0. The highest BCUT2D eigenvalue weighted by Gasteiger charge is 2.28. The Balaban J connectivity index is 4.71. The maximum atomic E-state index is 12.9. The van der Waals surface area contributed by atoms with Gasteiger partial charge in [-0.3, -0.25) is 23.4 Å². The van der Waals surface area contributed by atoms with E-state index >= 15 is 0 Å². The number of esters is 3. The van der Waals surface area contributed by atoms with Gasteiger partial charge < -0.3 is 24.2 Å². The van der Waals surface area contributed by atoms with Gasteiger partial charge in [-0.25, -0.2) is 4.57 Å². The van der Waals surface area contributed by atoms with Crippen molar-refractivity contribution in [2.24, 2.45) is 0 Å². The van der Waals surface area contributed by atoms with Gasteiger partial charge in [-0.2, -0.15) is 0 Å². The van der Waals surface area contributed by atoms with Gasteiger partial charge in [0.15, 0.2) is 6.10 Å². The normalized spacial score (nSPS) is 13.5. The number of carbonyl (C=O) groups is 3. The number of phosphoric ester groups is 1. The monoisotopic (exact) mass is 985 g/mol. The minimum absolute atomic E-state index is 0.160. The highest BCUT2D eigenvalue weighted by molar-refractivity contribution is 7.47. The topological polar surface area (TPSA) is 155 Å². The van der Waals surface area contributed by atoms with Crippen molar-refractivity contribution >= 4 is 25.7 Å². The molecule has 0 saturated carbocycles. The number of unbranched alkanes of at least 4 members (excludes halogenated alkanes) is 32. The number of hydrogen-bond donors (Lipinski definition) is 2. The number of hydrogen-bond acceptors (Lipinski definition) is 10. The van der Waals surface area contributed by atoms with Crippen LogP contribution < -0.4 is 0 Å². The summed E-state index contributed by atoms with van der Waals surface area (Å²) in [6.07, 6.45) is 49.9. The molecule has 3 atom stereocenters. The van der Waals surface area contributed by atoms with E-state index < -0.39 is 57.8 Å². The molecular weight excluding hydrogens is 880 g/mol. The van der Waals surface area contributed by atoms with Crippen LogP contribution in [0.1, 0.15) is 278 Å². The number of aliphatic hydroxyl groups excluding tert-OH is 1. The summed E-state index contributed by atoms with van der Waals surface area (Å²) in [4.78, 5) is 48.4. The zero-order valence-corrected chi connectivity index (χ0v) is 45.0. The second-order valence-electron chi connectivity index (χ2n) is 19.1. The quantitative estimate of drug-likeness (QED) is 0.0197. The lowest BCUT2D eigenvalue weighted by atomic mass is 10.0. The van der Waals surface area contributed by atoms with Crippen molar-refractivity contribution in [3.05, 3.63) is 24.3 Å². The van der Waals surface area contributed by atoms with Gasteiger partial charge in [-0.05, 0) is 70.6 Å². The van der Waals surface area contributed by atoms with E-state index in [2.05, 4.69) is 45.1 Å². The van der Waals surface area contributed by atoms with Crippen LogP contribution in [-0.4, -0.2) is 66.5 Å². The first-order valence-corrected chi connectivity index (χ1v) is 29.7. The smallest absolute Gasteiger partial charge is 0.462 e. The van der Waals surface area contributed by atoms with Crippen LogP contribution in [0.4, 0.5) is 0 Å². The summed E-state index contributed by atoms with van der Waals surface area (Å²) in [7, 11) is -4.74. The molecule has 3 unspecified atom stereocenters. The lowest BCUT2D eigenvalue weighted by molar-refractivity contribution is -0.161. The minimum atomic E-state index is -4.74. The van der Waals surface area contributed by atoms with Crippen molar-refractivity contribution in [3.63, 3.8) is 0 Å². The van der Waals surface area contributed by atoms with E-state index in [9.17, 15) is 28.9 Å². The van der Waals surface area contributed by atoms with Gasteiger partial charge in [-0.1, -0.05) is 212 Å². The van der Waals surface area contributed by atoms with Gasteiger partial charge in [0, 0.05) is 19.3 Å². The molecule has 0 aliphatic carbocycles. The zero-order valence-electron chi connectivity index (χ0n) is 44.1. The molecule has 0 bridgehead atoms. The summed E-state index contributed by atoms with van der Waals surface area (Å²) < 4.78 is 39.4. The summed E-state index contributed by atoms with van der Waals surface area (Å²) in [5.41, 5.74) is 0. The van der Waals surface area contributed by atoms with Crippen LogP contribution in [0.15, 0.2) is 24.3 Å². The molecule has 0 aromatic heterocycles. The van der Waals surface area contributed by atoms with E-state index in [1.807, 2.05) is 0 Å². The predicted octanol–water partition coefficient (Wildman–Crippen LogP) is 16.3. The molecule has 400 valence electrons. The predicted molar refractivity (Wildman–Crippen MR) is 280 cm³/mol. The summed E-state index contributed by atoms with van der Waals surface area (Å²) >= 11 is 0. The molecule has 0 saturated heterocycles. The van der Waals surface area contributed by atoms with Crippen LogP contribution in [0.25, 0.3) is 0 Å². The Morgan fingerprint density at radius 1 is 0.397 bits per heavy atom. The molecule has 0 heterocycles. The van der Waals surface area contributed by atoms with Gasteiger partial charge in [-0.15, -0.1) is 0 Å². The Morgan fingerprint density at radius 3 is 1.03 bits per heavy atom. The highest BCUT2D eigenvalue weighted by Crippen LogP contribution is 2.43. The van der Waals surface area contributed by atoms with Gasteiger partial charge >= 0.3 is 25.7 Å². The van der Waals surface area contributed by atoms with E-state index in [1.54, 1.807) is 0 Å². The molecule has 0 aliphatic rings. The van der Waals surface area contributed by atoms with E-state index in [0.29, 0.717) is 19.3 Å². The molecule has 68 heavy (non-hydrogen) atoms. The summed E-state index contributed by atoms with van der Waals surface area (Å²) in [5.74, 6) is -1.46. The maximum absolute atomic E-state index is 12.9. The molecule has 11 nitrogen and oxygen atoms in total. The molecule has 0 aromatic carbocycles. The van der Waals surface area contributed by atoms with Crippen molar-refractivity contribution in [1.82, 2.24) is 0 Å². The van der Waals surface area contributed by atoms with Crippen molar-refractivity contribution < 1.29 is 52.2 Å². The van der Waals surface area contributed by atoms with Gasteiger partial charge in [0.2, 0.25) is 0 Å². The summed E-state index contributed by atoms with van der Waals surface area (Å²) in [5, 5.41) is 9.79. The van der Waals surface area contributed by atoms with Crippen molar-refractivity contribution in [3.8, 4) is 0 Å². The number of ether oxygens (including phenoxy) is 3. The lowest BCUT2D eigenvalue weighted by Crippen LogP contribution is -2.30. The molecule has 0 radical (unpaired) electrons. The van der Waals surface area contributed by atoms with Crippen LogP contribution in [0.5, 0.6) is 0 Å². The van der Waals surface area contributed by atoms with Gasteiger partial charge in [0.25, 0.3) is 0 Å². The van der Waals surface area contributed by atoms with E-state index in [4.69, 9.17) is 23.3 Å². The molecule has 0 aliphatic heterocycles. The molecule has 0 rings (SSSR count). The van der Waals surface area contributed by atoms with Gasteiger partial charge in [0.1, 0.15) is 12.7 Å². The van der Waals surface area contributed by atoms with Crippen molar-refractivity contribution in [2.75, 3.05) is 26.4 Å². The van der Waals surface area contributed by atoms with Gasteiger partial charge in [0.05, 0.1) is 19.8 Å². The van der Waals surface area contributed by atoms with E-state index in [1.165, 1.54) is 122 Å². The molecule has 0 fully saturated rings. The van der Waals surface area contributed by atoms with Crippen LogP contribution in [0, 0.1) is 0 Å². The van der Waals surface area contributed by atoms with Crippen LogP contribution in [0.3, 0.4) is 0 Å². The van der Waals surface area contributed by atoms with E-state index in [-0.39, 0.29) is 25.9 Å². The van der Waals surface area contributed by atoms with Crippen LogP contribution in [0.2, 0.25) is 0 Å². The highest BCUT2D eigenvalue weighted by atomic mass is 31.2. The van der Waals surface area contributed by atoms with Crippen molar-refractivity contribution in [2.45, 2.75) is 290 Å². The first-order valence-electron chi connectivity index (χ1n) is 28.2. The average Bonchev–Trinajstić information content (AvgIpc) is 3.32.